The number of para-hydroxylation sites is 2. The molecule has 0 saturated carbocycles. The number of nitro groups is 1. The molecule has 0 spiro atoms. The van der Waals surface area contributed by atoms with Crippen LogP contribution in [0.15, 0.2) is 54.6 Å². The Kier molecular flexibility index (Phi) is 4.10. The molecule has 2 aromatic carbocycles. The van der Waals surface area contributed by atoms with E-state index in [2.05, 4.69) is 0 Å². The molecule has 0 aromatic heterocycles. The van der Waals surface area contributed by atoms with Gasteiger partial charge in [-0.3, -0.25) is 14.9 Å². The van der Waals surface area contributed by atoms with Crippen LogP contribution in [0.2, 0.25) is 0 Å². The molecule has 0 N–H and O–H groups in total. The van der Waals surface area contributed by atoms with E-state index < -0.39 is 4.92 Å². The maximum absolute atomic E-state index is 12.5. The molecule has 0 unspecified atom stereocenters. The Bertz CT molecular complexity index is 626. The lowest BCUT2D eigenvalue weighted by atomic mass is 10.1. The highest BCUT2D eigenvalue weighted by molar-refractivity contribution is 6.07. The van der Waals surface area contributed by atoms with E-state index in [1.54, 1.807) is 49.4 Å². The van der Waals surface area contributed by atoms with Gasteiger partial charge in [0.2, 0.25) is 0 Å². The Hall–Kier alpha value is -2.69. The number of rotatable bonds is 4. The van der Waals surface area contributed by atoms with E-state index in [-0.39, 0.29) is 11.6 Å². The second kappa shape index (κ2) is 5.97. The second-order valence-electron chi connectivity index (χ2n) is 4.16. The molecule has 20 heavy (non-hydrogen) atoms. The molecule has 0 saturated heterocycles. The summed E-state index contributed by atoms with van der Waals surface area (Å²) >= 11 is 0. The first kappa shape index (κ1) is 13.7. The van der Waals surface area contributed by atoms with E-state index in [9.17, 15) is 14.9 Å². The molecule has 0 aliphatic carbocycles. The second-order valence-corrected chi connectivity index (χ2v) is 4.16. The molecule has 0 atom stereocenters. The fraction of sp³-hybridized carbons (Fsp3) is 0.133. The zero-order valence-electron chi connectivity index (χ0n) is 11.0. The molecule has 5 heteroatoms. The third-order valence-electron chi connectivity index (χ3n) is 2.95. The van der Waals surface area contributed by atoms with Gasteiger partial charge in [-0.05, 0) is 25.1 Å². The van der Waals surface area contributed by atoms with Gasteiger partial charge in [0.25, 0.3) is 11.6 Å². The SMILES string of the molecule is CCN(C(=O)c1ccccc1)c1ccccc1[N+](=O)[O-]. The molecular formula is C15H14N2O3. The Morgan fingerprint density at radius 3 is 2.30 bits per heavy atom. The number of benzene rings is 2. The Balaban J connectivity index is 2.43. The van der Waals surface area contributed by atoms with E-state index in [1.807, 2.05) is 6.07 Å². The van der Waals surface area contributed by atoms with Crippen LogP contribution in [0.25, 0.3) is 0 Å². The zero-order chi connectivity index (χ0) is 14.5. The summed E-state index contributed by atoms with van der Waals surface area (Å²) in [4.78, 5) is 24.5. The molecule has 0 aliphatic heterocycles. The van der Waals surface area contributed by atoms with E-state index in [4.69, 9.17) is 0 Å². The molecule has 0 radical (unpaired) electrons. The number of hydrogen-bond acceptors (Lipinski definition) is 3. The van der Waals surface area contributed by atoms with Gasteiger partial charge in [-0.2, -0.15) is 0 Å². The topological polar surface area (TPSA) is 63.5 Å². The molecule has 0 aliphatic rings. The van der Waals surface area contributed by atoms with Crippen LogP contribution in [0.4, 0.5) is 11.4 Å². The average molecular weight is 270 g/mol. The fourth-order valence-electron chi connectivity index (χ4n) is 2.01. The average Bonchev–Trinajstić information content (AvgIpc) is 2.49. The molecule has 2 aromatic rings. The maximum Gasteiger partial charge on any atom is 0.292 e. The van der Waals surface area contributed by atoms with Gasteiger partial charge in [0, 0.05) is 18.2 Å². The Labute approximate surface area is 116 Å². The Morgan fingerprint density at radius 1 is 1.10 bits per heavy atom. The van der Waals surface area contributed by atoms with Crippen molar-refractivity contribution in [1.29, 1.82) is 0 Å². The standard InChI is InChI=1S/C15H14N2O3/c1-2-16(15(18)12-8-4-3-5-9-12)13-10-6-7-11-14(13)17(19)20/h3-11H,2H2,1H3. The summed E-state index contributed by atoms with van der Waals surface area (Å²) in [5, 5.41) is 11.1. The van der Waals surface area contributed by atoms with Gasteiger partial charge in [0.1, 0.15) is 5.69 Å². The van der Waals surface area contributed by atoms with E-state index in [0.29, 0.717) is 17.8 Å². The largest absolute Gasteiger partial charge is 0.303 e. The van der Waals surface area contributed by atoms with Crippen molar-refractivity contribution in [3.63, 3.8) is 0 Å². The van der Waals surface area contributed by atoms with Crippen molar-refractivity contribution in [2.24, 2.45) is 0 Å². The van der Waals surface area contributed by atoms with E-state index in [0.717, 1.165) is 0 Å². The van der Waals surface area contributed by atoms with Gasteiger partial charge in [0.15, 0.2) is 0 Å². The lowest BCUT2D eigenvalue weighted by molar-refractivity contribution is -0.384. The van der Waals surface area contributed by atoms with Crippen LogP contribution in [-0.4, -0.2) is 17.4 Å². The number of anilines is 1. The van der Waals surface area contributed by atoms with Gasteiger partial charge in [0.05, 0.1) is 4.92 Å². The monoisotopic (exact) mass is 270 g/mol. The third kappa shape index (κ3) is 2.66. The lowest BCUT2D eigenvalue weighted by Crippen LogP contribution is -2.31. The third-order valence-corrected chi connectivity index (χ3v) is 2.95. The summed E-state index contributed by atoms with van der Waals surface area (Å²) in [6, 6.07) is 15.0. The highest BCUT2D eigenvalue weighted by Crippen LogP contribution is 2.28. The zero-order valence-corrected chi connectivity index (χ0v) is 11.0. The summed E-state index contributed by atoms with van der Waals surface area (Å²) in [7, 11) is 0. The minimum atomic E-state index is -0.476. The minimum Gasteiger partial charge on any atom is -0.303 e. The number of amides is 1. The molecule has 0 heterocycles. The maximum atomic E-state index is 12.5. The summed E-state index contributed by atoms with van der Waals surface area (Å²) in [6.45, 7) is 2.15. The van der Waals surface area contributed by atoms with Crippen LogP contribution in [0.3, 0.4) is 0 Å². The highest BCUT2D eigenvalue weighted by atomic mass is 16.6. The number of nitro benzene ring substituents is 1. The molecule has 5 nitrogen and oxygen atoms in total. The van der Waals surface area contributed by atoms with E-state index in [1.165, 1.54) is 11.0 Å². The smallest absolute Gasteiger partial charge is 0.292 e. The van der Waals surface area contributed by atoms with Crippen molar-refractivity contribution < 1.29 is 9.72 Å². The molecule has 2 rings (SSSR count). The van der Waals surface area contributed by atoms with Crippen LogP contribution >= 0.6 is 0 Å². The first-order valence-corrected chi connectivity index (χ1v) is 6.25. The normalized spacial score (nSPS) is 10.1. The van der Waals surface area contributed by atoms with Crippen molar-refractivity contribution in [1.82, 2.24) is 0 Å². The summed E-state index contributed by atoms with van der Waals surface area (Å²) in [5.41, 5.74) is 0.750. The summed E-state index contributed by atoms with van der Waals surface area (Å²) in [6.07, 6.45) is 0. The minimum absolute atomic E-state index is 0.0707. The summed E-state index contributed by atoms with van der Waals surface area (Å²) in [5.74, 6) is -0.248. The predicted molar refractivity (Wildman–Crippen MR) is 76.9 cm³/mol. The van der Waals surface area contributed by atoms with Crippen molar-refractivity contribution in [3.05, 3.63) is 70.3 Å². The van der Waals surface area contributed by atoms with Crippen molar-refractivity contribution in [2.75, 3.05) is 11.4 Å². The van der Waals surface area contributed by atoms with E-state index >= 15 is 0 Å². The van der Waals surface area contributed by atoms with Gasteiger partial charge in [-0.1, -0.05) is 30.3 Å². The van der Waals surface area contributed by atoms with Gasteiger partial charge in [-0.15, -0.1) is 0 Å². The number of carbonyl (C=O) groups is 1. The van der Waals surface area contributed by atoms with Crippen LogP contribution < -0.4 is 4.90 Å². The highest BCUT2D eigenvalue weighted by Gasteiger charge is 2.23. The van der Waals surface area contributed by atoms with Crippen molar-refractivity contribution in [3.8, 4) is 0 Å². The molecule has 102 valence electrons. The van der Waals surface area contributed by atoms with Crippen molar-refractivity contribution in [2.45, 2.75) is 6.92 Å². The number of hydrogen-bond donors (Lipinski definition) is 0. The van der Waals surface area contributed by atoms with Crippen LogP contribution in [-0.2, 0) is 0 Å². The van der Waals surface area contributed by atoms with Crippen LogP contribution in [0.5, 0.6) is 0 Å². The number of nitrogens with zero attached hydrogens (tertiary/aromatic N) is 2. The summed E-state index contributed by atoms with van der Waals surface area (Å²) < 4.78 is 0. The first-order valence-electron chi connectivity index (χ1n) is 6.25. The van der Waals surface area contributed by atoms with Crippen LogP contribution in [0, 0.1) is 10.1 Å². The predicted octanol–water partition coefficient (Wildman–Crippen LogP) is 3.26. The molecule has 1 amide bonds. The number of carbonyl (C=O) groups excluding carboxylic acids is 1. The molecular weight excluding hydrogens is 256 g/mol. The van der Waals surface area contributed by atoms with Crippen LogP contribution in [0.1, 0.15) is 17.3 Å². The van der Waals surface area contributed by atoms with Crippen molar-refractivity contribution >= 4 is 17.3 Å². The van der Waals surface area contributed by atoms with Gasteiger partial charge >= 0.3 is 0 Å². The molecule has 0 bridgehead atoms. The fourth-order valence-corrected chi connectivity index (χ4v) is 2.01. The first-order chi connectivity index (χ1) is 9.65. The van der Waals surface area contributed by atoms with Gasteiger partial charge < -0.3 is 4.90 Å². The lowest BCUT2D eigenvalue weighted by Gasteiger charge is -2.20. The molecule has 0 fully saturated rings. The van der Waals surface area contributed by atoms with Gasteiger partial charge in [-0.25, -0.2) is 0 Å². The quantitative estimate of drug-likeness (QED) is 0.632. The Morgan fingerprint density at radius 2 is 1.70 bits per heavy atom.